The molecule has 37 heavy (non-hydrogen) atoms. The van der Waals surface area contributed by atoms with Crippen LogP contribution in [-0.2, 0) is 5.41 Å². The lowest BCUT2D eigenvalue weighted by molar-refractivity contribution is 0.655. The van der Waals surface area contributed by atoms with E-state index in [9.17, 15) is 4.79 Å². The van der Waals surface area contributed by atoms with Gasteiger partial charge in [-0.15, -0.1) is 32.8 Å². The summed E-state index contributed by atoms with van der Waals surface area (Å²) in [5, 5.41) is 2.48. The first-order valence-corrected chi connectivity index (χ1v) is 11.9. The minimum absolute atomic E-state index is 0.182. The lowest BCUT2D eigenvalue weighted by Crippen LogP contribution is -2.71. The molecule has 1 aromatic heterocycles. The van der Waals surface area contributed by atoms with E-state index >= 15 is 0 Å². The summed E-state index contributed by atoms with van der Waals surface area (Å²) in [5.41, 5.74) is 5.01. The summed E-state index contributed by atoms with van der Waals surface area (Å²) in [6, 6.07) is 11.8. The third-order valence-corrected chi connectivity index (χ3v) is 8.33. The minimum Gasteiger partial charge on any atom is -0.281 e. The zero-order valence-corrected chi connectivity index (χ0v) is 20.4. The maximum Gasteiger partial charge on any atom is 0.353 e. The summed E-state index contributed by atoms with van der Waals surface area (Å²) < 4.78 is 3.50. The SMILES string of the molecule is [B]c1c([B])c([B])c2c(c1[B])B1c3c(c([B])c([B])c([B])c3C2(C)C)-n2c3cc4ccccc4cc3c(=O)n21. The van der Waals surface area contributed by atoms with Crippen molar-refractivity contribution in [2.24, 2.45) is 0 Å². The molecule has 0 amide bonds. The van der Waals surface area contributed by atoms with Crippen LogP contribution in [0.2, 0.25) is 0 Å². The molecule has 0 saturated heterocycles. The molecule has 5 aromatic rings. The van der Waals surface area contributed by atoms with Crippen LogP contribution in [0.3, 0.4) is 0 Å². The van der Waals surface area contributed by atoms with E-state index < -0.39 is 12.3 Å². The van der Waals surface area contributed by atoms with Gasteiger partial charge in [-0.3, -0.25) is 14.1 Å². The van der Waals surface area contributed by atoms with Gasteiger partial charge < -0.3 is 0 Å². The smallest absolute Gasteiger partial charge is 0.281 e. The Balaban J connectivity index is 1.77. The van der Waals surface area contributed by atoms with E-state index in [1.54, 1.807) is 4.59 Å². The molecule has 0 unspecified atom stereocenters. The summed E-state index contributed by atoms with van der Waals surface area (Å²) in [6.07, 6.45) is 0. The number of hydrogen-bond acceptors (Lipinski definition) is 1. The number of aromatic nitrogens is 2. The van der Waals surface area contributed by atoms with Gasteiger partial charge in [-0.1, -0.05) is 49.0 Å². The molecule has 14 radical (unpaired) electrons. The Labute approximate surface area is 224 Å². The lowest BCUT2D eigenvalue weighted by atomic mass is 9.36. The molecule has 0 N–H and O–H groups in total. The number of nitrogens with zero attached hydrogens (tertiary/aromatic N) is 2. The first-order chi connectivity index (χ1) is 17.5. The van der Waals surface area contributed by atoms with Gasteiger partial charge in [-0.05, 0) is 39.5 Å². The normalized spacial score (nSPS) is 14.7. The second-order valence-electron chi connectivity index (χ2n) is 10.5. The molecule has 7 rings (SSSR count). The molecule has 3 heterocycles. The van der Waals surface area contributed by atoms with E-state index in [-0.39, 0.29) is 27.4 Å². The van der Waals surface area contributed by atoms with Crippen molar-refractivity contribution in [1.29, 1.82) is 0 Å². The average Bonchev–Trinajstić information content (AvgIpc) is 3.34. The fraction of sp³-hybridized carbons (Fsp3) is 0.115. The lowest BCUT2D eigenvalue weighted by Gasteiger charge is -2.42. The Morgan fingerprint density at radius 2 is 1.24 bits per heavy atom. The minimum atomic E-state index is -0.766. The van der Waals surface area contributed by atoms with Crippen LogP contribution in [0.4, 0.5) is 0 Å². The van der Waals surface area contributed by atoms with Crippen molar-refractivity contribution in [2.45, 2.75) is 19.3 Å². The highest BCUT2D eigenvalue weighted by Crippen LogP contribution is 2.34. The van der Waals surface area contributed by atoms with Gasteiger partial charge in [0, 0.05) is 5.41 Å². The van der Waals surface area contributed by atoms with Crippen LogP contribution in [0.25, 0.3) is 27.4 Å². The molecule has 4 aromatic carbocycles. The maximum absolute atomic E-state index is 14.1. The Kier molecular flexibility index (Phi) is 4.41. The molecular weight excluding hydrogens is 443 g/mol. The van der Waals surface area contributed by atoms with Gasteiger partial charge in [0.1, 0.15) is 54.9 Å². The molecule has 2 aliphatic heterocycles. The average molecular weight is 455 g/mol. The highest BCUT2D eigenvalue weighted by atomic mass is 16.1. The highest BCUT2D eigenvalue weighted by Gasteiger charge is 2.50. The second-order valence-corrected chi connectivity index (χ2v) is 10.5. The molecule has 3 nitrogen and oxygen atoms in total. The Hall–Kier alpha value is -3.07. The number of hydrogen-bond donors (Lipinski definition) is 0. The van der Waals surface area contributed by atoms with Crippen LogP contribution in [0.5, 0.6) is 0 Å². The standard InChI is InChI=1S/C26H12B8N2O/c1-26(2)13-15(27)17(29)19(31)20(32)22(13)34-23-14(26)16(28)18(30)21(33)24(23)35-12-8-10-6-4-3-5-9(10)7-11(12)25(37)36(34)35/h3-8H,1-2H3. The van der Waals surface area contributed by atoms with Gasteiger partial charge in [0.2, 0.25) is 0 Å². The van der Waals surface area contributed by atoms with Gasteiger partial charge >= 0.3 is 6.85 Å². The van der Waals surface area contributed by atoms with Crippen LogP contribution >= 0.6 is 0 Å². The molecule has 0 fully saturated rings. The van der Waals surface area contributed by atoms with Crippen molar-refractivity contribution in [2.75, 3.05) is 0 Å². The molecule has 2 aliphatic rings. The molecule has 0 aliphatic carbocycles. The van der Waals surface area contributed by atoms with E-state index in [1.807, 2.05) is 54.9 Å². The summed E-state index contributed by atoms with van der Waals surface area (Å²) >= 11 is 0. The van der Waals surface area contributed by atoms with E-state index in [0.29, 0.717) is 44.0 Å². The molecule has 0 bridgehead atoms. The molecular formula is C26H12B8N2O. The Morgan fingerprint density at radius 3 is 1.89 bits per heavy atom. The van der Waals surface area contributed by atoms with Crippen molar-refractivity contribution in [3.8, 4) is 5.69 Å². The zero-order chi connectivity index (χ0) is 26.3. The summed E-state index contributed by atoms with van der Waals surface area (Å²) in [6.45, 7) is 3.29. The van der Waals surface area contributed by atoms with Gasteiger partial charge in [-0.25, -0.2) is 0 Å². The summed E-state index contributed by atoms with van der Waals surface area (Å²) in [4.78, 5) is 14.1. The number of benzene rings is 4. The molecule has 0 saturated carbocycles. The number of rotatable bonds is 0. The van der Waals surface area contributed by atoms with E-state index in [4.69, 9.17) is 54.9 Å². The summed E-state index contributed by atoms with van der Waals surface area (Å²) in [5.74, 6) is 0. The van der Waals surface area contributed by atoms with Crippen molar-refractivity contribution >= 4 is 133 Å². The molecule has 0 spiro atoms. The van der Waals surface area contributed by atoms with Crippen molar-refractivity contribution in [1.82, 2.24) is 9.27 Å². The first kappa shape index (κ1) is 23.1. The summed E-state index contributed by atoms with van der Waals surface area (Å²) in [7, 11) is 45.7. The molecule has 11 heteroatoms. The number of fused-ring (bicyclic) bond motifs is 8. The highest BCUT2D eigenvalue weighted by molar-refractivity contribution is 6.91. The fourth-order valence-electron chi connectivity index (χ4n) is 6.67. The fourth-order valence-corrected chi connectivity index (χ4v) is 6.67. The van der Waals surface area contributed by atoms with Crippen LogP contribution in [0.15, 0.2) is 41.2 Å². The van der Waals surface area contributed by atoms with E-state index in [1.165, 1.54) is 0 Å². The zero-order valence-electron chi connectivity index (χ0n) is 20.4. The Morgan fingerprint density at radius 1 is 0.703 bits per heavy atom. The van der Waals surface area contributed by atoms with Crippen LogP contribution in [-0.4, -0.2) is 71.0 Å². The van der Waals surface area contributed by atoms with Gasteiger partial charge in [0.05, 0.1) is 16.6 Å². The van der Waals surface area contributed by atoms with Crippen molar-refractivity contribution in [3.63, 3.8) is 0 Å². The van der Waals surface area contributed by atoms with E-state index in [0.717, 1.165) is 21.8 Å². The van der Waals surface area contributed by atoms with Crippen LogP contribution < -0.4 is 54.7 Å². The van der Waals surface area contributed by atoms with Crippen molar-refractivity contribution < 1.29 is 0 Å². The third kappa shape index (κ3) is 2.51. The van der Waals surface area contributed by atoms with Crippen molar-refractivity contribution in [3.05, 3.63) is 57.9 Å². The monoisotopic (exact) mass is 456 g/mol. The van der Waals surface area contributed by atoms with E-state index in [2.05, 4.69) is 0 Å². The first-order valence-electron chi connectivity index (χ1n) is 11.9. The largest absolute Gasteiger partial charge is 0.353 e. The topological polar surface area (TPSA) is 26.9 Å². The third-order valence-electron chi connectivity index (χ3n) is 8.33. The second kappa shape index (κ2) is 7.07. The van der Waals surface area contributed by atoms with Gasteiger partial charge in [0.15, 0.2) is 0 Å². The maximum atomic E-state index is 14.1. The molecule has 156 valence electrons. The predicted octanol–water partition coefficient (Wildman–Crippen LogP) is -4.89. The quantitative estimate of drug-likeness (QED) is 0.211. The predicted molar refractivity (Wildman–Crippen MR) is 162 cm³/mol. The Bertz CT molecular complexity index is 1970. The molecule has 0 atom stereocenters. The van der Waals surface area contributed by atoms with Crippen LogP contribution in [0, 0.1) is 0 Å². The van der Waals surface area contributed by atoms with Gasteiger partial charge in [0.25, 0.3) is 5.56 Å². The van der Waals surface area contributed by atoms with Crippen LogP contribution in [0.1, 0.15) is 25.0 Å². The van der Waals surface area contributed by atoms with Gasteiger partial charge in [-0.2, -0.15) is 0 Å².